The molecule has 0 spiro atoms. The van der Waals surface area contributed by atoms with E-state index >= 15 is 0 Å². The second kappa shape index (κ2) is 7.68. The maximum atomic E-state index is 6.14. The van der Waals surface area contributed by atoms with Gasteiger partial charge in [-0.05, 0) is 61.8 Å². The van der Waals surface area contributed by atoms with Gasteiger partial charge in [0.1, 0.15) is 5.75 Å². The lowest BCUT2D eigenvalue weighted by Gasteiger charge is -2.27. The van der Waals surface area contributed by atoms with E-state index in [4.69, 9.17) is 4.74 Å². The third-order valence-corrected chi connectivity index (χ3v) is 4.05. The molecule has 0 aliphatic heterocycles. The summed E-state index contributed by atoms with van der Waals surface area (Å²) in [6, 6.07) is 8.55. The van der Waals surface area contributed by atoms with Crippen LogP contribution in [-0.4, -0.2) is 12.6 Å². The first-order valence-electron chi connectivity index (χ1n) is 8.10. The van der Waals surface area contributed by atoms with Crippen LogP contribution in [0.4, 0.5) is 0 Å². The first kappa shape index (κ1) is 15.4. The molecule has 1 aromatic carbocycles. The van der Waals surface area contributed by atoms with Crippen molar-refractivity contribution >= 4 is 0 Å². The van der Waals surface area contributed by atoms with Gasteiger partial charge in [0.05, 0.1) is 6.10 Å². The fourth-order valence-electron chi connectivity index (χ4n) is 2.77. The average Bonchev–Trinajstić information content (AvgIpc) is 2.41. The van der Waals surface area contributed by atoms with Crippen LogP contribution in [0.15, 0.2) is 24.3 Å². The van der Waals surface area contributed by atoms with E-state index in [9.17, 15) is 0 Å². The monoisotopic (exact) mass is 275 g/mol. The van der Waals surface area contributed by atoms with Gasteiger partial charge in [-0.15, -0.1) is 0 Å². The van der Waals surface area contributed by atoms with Crippen molar-refractivity contribution in [1.82, 2.24) is 5.32 Å². The molecule has 2 rings (SSSR count). The van der Waals surface area contributed by atoms with Crippen molar-refractivity contribution in [3.8, 4) is 5.75 Å². The molecule has 0 heterocycles. The van der Waals surface area contributed by atoms with Crippen LogP contribution in [0.5, 0.6) is 5.75 Å². The molecule has 112 valence electrons. The zero-order valence-electron chi connectivity index (χ0n) is 13.2. The lowest BCUT2D eigenvalue weighted by molar-refractivity contribution is 0.135. The molecule has 0 amide bonds. The predicted octanol–water partition coefficient (Wildman–Crippen LogP) is 4.39. The third kappa shape index (κ3) is 5.16. The fourth-order valence-corrected chi connectivity index (χ4v) is 2.77. The Morgan fingerprint density at radius 2 is 1.95 bits per heavy atom. The Morgan fingerprint density at radius 3 is 2.65 bits per heavy atom. The summed E-state index contributed by atoms with van der Waals surface area (Å²) in [5, 5.41) is 3.48. The SMILES string of the molecule is CC(C)CNCc1cccc(OC2CCC(C)CC2)c1. The van der Waals surface area contributed by atoms with E-state index in [2.05, 4.69) is 50.4 Å². The highest BCUT2D eigenvalue weighted by atomic mass is 16.5. The van der Waals surface area contributed by atoms with Gasteiger partial charge in [-0.2, -0.15) is 0 Å². The normalized spacial score (nSPS) is 23.0. The van der Waals surface area contributed by atoms with Crippen LogP contribution in [0, 0.1) is 11.8 Å². The highest BCUT2D eigenvalue weighted by Gasteiger charge is 2.19. The molecule has 20 heavy (non-hydrogen) atoms. The standard InChI is InChI=1S/C18H29NO/c1-14(2)12-19-13-16-5-4-6-18(11-16)20-17-9-7-15(3)8-10-17/h4-6,11,14-15,17,19H,7-10,12-13H2,1-3H3. The van der Waals surface area contributed by atoms with E-state index < -0.39 is 0 Å². The summed E-state index contributed by atoms with van der Waals surface area (Å²) in [6.07, 6.45) is 5.44. The van der Waals surface area contributed by atoms with Crippen LogP contribution < -0.4 is 10.1 Å². The van der Waals surface area contributed by atoms with Crippen molar-refractivity contribution < 1.29 is 4.74 Å². The Bertz CT molecular complexity index is 394. The molecule has 1 aliphatic rings. The van der Waals surface area contributed by atoms with Crippen molar-refractivity contribution in [2.24, 2.45) is 11.8 Å². The van der Waals surface area contributed by atoms with E-state index in [1.165, 1.54) is 31.2 Å². The molecule has 0 radical (unpaired) electrons. The maximum absolute atomic E-state index is 6.14. The fraction of sp³-hybridized carbons (Fsp3) is 0.667. The van der Waals surface area contributed by atoms with E-state index in [0.717, 1.165) is 24.8 Å². The molecule has 1 N–H and O–H groups in total. The summed E-state index contributed by atoms with van der Waals surface area (Å²) in [4.78, 5) is 0. The summed E-state index contributed by atoms with van der Waals surface area (Å²) in [6.45, 7) is 8.80. The molecule has 2 heteroatoms. The quantitative estimate of drug-likeness (QED) is 0.831. The van der Waals surface area contributed by atoms with Gasteiger partial charge in [-0.3, -0.25) is 0 Å². The van der Waals surface area contributed by atoms with E-state index in [1.54, 1.807) is 0 Å². The zero-order valence-corrected chi connectivity index (χ0v) is 13.2. The van der Waals surface area contributed by atoms with Crippen molar-refractivity contribution in [3.63, 3.8) is 0 Å². The number of nitrogens with one attached hydrogen (secondary N) is 1. The molecular weight excluding hydrogens is 246 g/mol. The molecule has 0 bridgehead atoms. The van der Waals surface area contributed by atoms with Crippen LogP contribution >= 0.6 is 0 Å². The Labute approximate surface area is 123 Å². The lowest BCUT2D eigenvalue weighted by atomic mass is 9.89. The topological polar surface area (TPSA) is 21.3 Å². The van der Waals surface area contributed by atoms with Crippen LogP contribution in [0.3, 0.4) is 0 Å². The molecule has 1 saturated carbocycles. The smallest absolute Gasteiger partial charge is 0.120 e. The van der Waals surface area contributed by atoms with Crippen LogP contribution in [0.2, 0.25) is 0 Å². The summed E-state index contributed by atoms with van der Waals surface area (Å²) >= 11 is 0. The molecule has 2 nitrogen and oxygen atoms in total. The van der Waals surface area contributed by atoms with Crippen molar-refractivity contribution in [2.45, 2.75) is 59.1 Å². The van der Waals surface area contributed by atoms with Gasteiger partial charge in [-0.1, -0.05) is 32.9 Å². The highest BCUT2D eigenvalue weighted by molar-refractivity contribution is 5.28. The van der Waals surface area contributed by atoms with E-state index in [0.29, 0.717) is 12.0 Å². The van der Waals surface area contributed by atoms with Gasteiger partial charge < -0.3 is 10.1 Å². The Kier molecular flexibility index (Phi) is 5.90. The van der Waals surface area contributed by atoms with Gasteiger partial charge in [0, 0.05) is 6.54 Å². The predicted molar refractivity (Wildman–Crippen MR) is 85.0 cm³/mol. The number of rotatable bonds is 6. The Morgan fingerprint density at radius 1 is 1.20 bits per heavy atom. The van der Waals surface area contributed by atoms with Crippen LogP contribution in [0.1, 0.15) is 52.0 Å². The molecule has 0 unspecified atom stereocenters. The highest BCUT2D eigenvalue weighted by Crippen LogP contribution is 2.27. The second-order valence-corrected chi connectivity index (χ2v) is 6.67. The largest absolute Gasteiger partial charge is 0.490 e. The van der Waals surface area contributed by atoms with Crippen molar-refractivity contribution in [1.29, 1.82) is 0 Å². The van der Waals surface area contributed by atoms with Crippen molar-refractivity contribution in [3.05, 3.63) is 29.8 Å². The number of hydrogen-bond donors (Lipinski definition) is 1. The summed E-state index contributed by atoms with van der Waals surface area (Å²) < 4.78 is 6.14. The second-order valence-electron chi connectivity index (χ2n) is 6.67. The first-order valence-corrected chi connectivity index (χ1v) is 8.10. The third-order valence-electron chi connectivity index (χ3n) is 4.05. The molecular formula is C18H29NO. The van der Waals surface area contributed by atoms with Gasteiger partial charge in [0.15, 0.2) is 0 Å². The summed E-state index contributed by atoms with van der Waals surface area (Å²) in [5.41, 5.74) is 1.31. The number of benzene rings is 1. The summed E-state index contributed by atoms with van der Waals surface area (Å²) in [5.74, 6) is 2.61. The minimum atomic E-state index is 0.421. The number of ether oxygens (including phenoxy) is 1. The Hall–Kier alpha value is -1.02. The van der Waals surface area contributed by atoms with E-state index in [-0.39, 0.29) is 0 Å². The molecule has 0 saturated heterocycles. The molecule has 1 fully saturated rings. The van der Waals surface area contributed by atoms with Gasteiger partial charge in [-0.25, -0.2) is 0 Å². The Balaban J connectivity index is 1.82. The average molecular weight is 275 g/mol. The maximum Gasteiger partial charge on any atom is 0.120 e. The van der Waals surface area contributed by atoms with Gasteiger partial charge in [0.25, 0.3) is 0 Å². The lowest BCUT2D eigenvalue weighted by Crippen LogP contribution is -2.23. The first-order chi connectivity index (χ1) is 9.63. The van der Waals surface area contributed by atoms with Crippen LogP contribution in [0.25, 0.3) is 0 Å². The zero-order chi connectivity index (χ0) is 14.4. The van der Waals surface area contributed by atoms with Gasteiger partial charge >= 0.3 is 0 Å². The minimum absolute atomic E-state index is 0.421. The molecule has 0 atom stereocenters. The molecule has 0 aromatic heterocycles. The molecule has 1 aromatic rings. The van der Waals surface area contributed by atoms with E-state index in [1.807, 2.05) is 0 Å². The van der Waals surface area contributed by atoms with Gasteiger partial charge in [0.2, 0.25) is 0 Å². The van der Waals surface area contributed by atoms with Crippen LogP contribution in [-0.2, 0) is 6.54 Å². The van der Waals surface area contributed by atoms with Crippen molar-refractivity contribution in [2.75, 3.05) is 6.54 Å². The minimum Gasteiger partial charge on any atom is -0.490 e. The molecule has 1 aliphatic carbocycles. The summed E-state index contributed by atoms with van der Waals surface area (Å²) in [7, 11) is 0. The number of hydrogen-bond acceptors (Lipinski definition) is 2.